The molecule has 0 amide bonds. The van der Waals surface area contributed by atoms with Gasteiger partial charge in [-0.2, -0.15) is 0 Å². The molecule has 3 N–H and O–H groups in total. The highest BCUT2D eigenvalue weighted by atomic mass is 79.9. The van der Waals surface area contributed by atoms with Gasteiger partial charge in [-0.25, -0.2) is 4.39 Å². The molecule has 2 aromatic carbocycles. The van der Waals surface area contributed by atoms with Crippen LogP contribution in [0.2, 0.25) is 0 Å². The van der Waals surface area contributed by atoms with E-state index in [9.17, 15) is 4.39 Å². The number of halogens is 2. The maximum Gasteiger partial charge on any atom is 0.161 e. The van der Waals surface area contributed by atoms with Crippen LogP contribution < -0.4 is 11.1 Å². The van der Waals surface area contributed by atoms with Crippen molar-refractivity contribution in [2.24, 2.45) is 5.73 Å². The van der Waals surface area contributed by atoms with Crippen molar-refractivity contribution in [2.45, 2.75) is 13.8 Å². The fraction of sp³-hybridized carbons (Fsp3) is 0.133. The zero-order valence-electron chi connectivity index (χ0n) is 11.1. The second-order valence-corrected chi connectivity index (χ2v) is 5.78. The topological polar surface area (TPSA) is 38.0 Å². The minimum absolute atomic E-state index is 0.161. The van der Waals surface area contributed by atoms with Crippen molar-refractivity contribution in [2.75, 3.05) is 5.32 Å². The number of aryl methyl sites for hydroxylation is 2. The van der Waals surface area contributed by atoms with Crippen molar-refractivity contribution in [3.05, 3.63) is 57.3 Å². The number of anilines is 2. The molecule has 0 fully saturated rings. The van der Waals surface area contributed by atoms with Crippen LogP contribution in [0.15, 0.2) is 34.8 Å². The zero-order chi connectivity index (χ0) is 14.9. The molecule has 0 atom stereocenters. The number of thiocarbonyl (C=S) groups is 1. The van der Waals surface area contributed by atoms with Gasteiger partial charge in [0, 0.05) is 11.3 Å². The standard InChI is InChI=1S/C15H14BrFN2S/c1-8-4-3-5-9(2)14(8)19-11-7-6-10(15(18)20)12(16)13(11)17/h3-7,19H,1-2H3,(H2,18,20). The molecule has 0 aliphatic heterocycles. The minimum Gasteiger partial charge on any atom is -0.389 e. The summed E-state index contributed by atoms with van der Waals surface area (Å²) in [6, 6.07) is 9.27. The Morgan fingerprint density at radius 1 is 1.20 bits per heavy atom. The number of benzene rings is 2. The Labute approximate surface area is 131 Å². The van der Waals surface area contributed by atoms with Crippen LogP contribution in [0, 0.1) is 19.7 Å². The third kappa shape index (κ3) is 2.83. The summed E-state index contributed by atoms with van der Waals surface area (Å²) in [7, 11) is 0. The lowest BCUT2D eigenvalue weighted by Crippen LogP contribution is -2.11. The van der Waals surface area contributed by atoms with E-state index in [2.05, 4.69) is 21.2 Å². The molecule has 2 aromatic rings. The lowest BCUT2D eigenvalue weighted by Gasteiger charge is -2.15. The van der Waals surface area contributed by atoms with Gasteiger partial charge in [-0.1, -0.05) is 30.4 Å². The fourth-order valence-electron chi connectivity index (χ4n) is 1.98. The first kappa shape index (κ1) is 14.9. The molecule has 104 valence electrons. The summed E-state index contributed by atoms with van der Waals surface area (Å²) in [5, 5.41) is 3.13. The molecule has 0 aliphatic rings. The normalized spacial score (nSPS) is 10.4. The summed E-state index contributed by atoms with van der Waals surface area (Å²) < 4.78 is 14.6. The smallest absolute Gasteiger partial charge is 0.161 e. The predicted octanol–water partition coefficient (Wildman–Crippen LogP) is 4.58. The van der Waals surface area contributed by atoms with Crippen LogP contribution in [0.25, 0.3) is 0 Å². The molecule has 0 saturated carbocycles. The average Bonchev–Trinajstić information content (AvgIpc) is 2.38. The molecule has 0 bridgehead atoms. The SMILES string of the molecule is Cc1cccc(C)c1Nc1ccc(C(N)=S)c(Br)c1F. The van der Waals surface area contributed by atoms with Crippen LogP contribution in [0.3, 0.4) is 0 Å². The van der Waals surface area contributed by atoms with E-state index < -0.39 is 5.82 Å². The fourth-order valence-corrected chi connectivity index (χ4v) is 2.84. The van der Waals surface area contributed by atoms with Crippen molar-refractivity contribution >= 4 is 44.5 Å². The molecular weight excluding hydrogens is 339 g/mol. The van der Waals surface area contributed by atoms with Crippen LogP contribution in [-0.2, 0) is 0 Å². The van der Waals surface area contributed by atoms with Gasteiger partial charge in [-0.15, -0.1) is 0 Å². The van der Waals surface area contributed by atoms with Crippen molar-refractivity contribution in [3.8, 4) is 0 Å². The molecule has 0 unspecified atom stereocenters. The van der Waals surface area contributed by atoms with Crippen LogP contribution in [-0.4, -0.2) is 4.99 Å². The van der Waals surface area contributed by atoms with E-state index in [0.29, 0.717) is 11.3 Å². The third-order valence-corrected chi connectivity index (χ3v) is 4.08. The van der Waals surface area contributed by atoms with E-state index >= 15 is 0 Å². The highest BCUT2D eigenvalue weighted by Gasteiger charge is 2.14. The average molecular weight is 353 g/mol. The van der Waals surface area contributed by atoms with E-state index in [4.69, 9.17) is 18.0 Å². The van der Waals surface area contributed by atoms with Gasteiger partial charge in [-0.3, -0.25) is 0 Å². The Morgan fingerprint density at radius 3 is 2.35 bits per heavy atom. The number of nitrogens with two attached hydrogens (primary N) is 1. The van der Waals surface area contributed by atoms with E-state index in [0.717, 1.165) is 16.8 Å². The quantitative estimate of drug-likeness (QED) is 0.793. The van der Waals surface area contributed by atoms with Crippen LogP contribution in [0.1, 0.15) is 16.7 Å². The van der Waals surface area contributed by atoms with Crippen molar-refractivity contribution < 1.29 is 4.39 Å². The highest BCUT2D eigenvalue weighted by molar-refractivity contribution is 9.10. The van der Waals surface area contributed by atoms with Gasteiger partial charge in [0.05, 0.1) is 10.2 Å². The predicted molar refractivity (Wildman–Crippen MR) is 89.2 cm³/mol. The van der Waals surface area contributed by atoms with Gasteiger partial charge in [-0.05, 0) is 53.0 Å². The van der Waals surface area contributed by atoms with Crippen LogP contribution >= 0.6 is 28.1 Å². The monoisotopic (exact) mass is 352 g/mol. The Kier molecular flexibility index (Phi) is 4.40. The van der Waals surface area contributed by atoms with E-state index in [1.807, 2.05) is 32.0 Å². The van der Waals surface area contributed by atoms with E-state index in [1.54, 1.807) is 12.1 Å². The number of hydrogen-bond donors (Lipinski definition) is 2. The van der Waals surface area contributed by atoms with E-state index in [1.165, 1.54) is 0 Å². The Morgan fingerprint density at radius 2 is 1.80 bits per heavy atom. The van der Waals surface area contributed by atoms with Gasteiger partial charge in [0.25, 0.3) is 0 Å². The van der Waals surface area contributed by atoms with Gasteiger partial charge in [0.15, 0.2) is 5.82 Å². The molecule has 0 spiro atoms. The van der Waals surface area contributed by atoms with Gasteiger partial charge in [0.1, 0.15) is 4.99 Å². The molecule has 2 rings (SSSR count). The lowest BCUT2D eigenvalue weighted by atomic mass is 10.1. The first-order valence-corrected chi connectivity index (χ1v) is 7.23. The summed E-state index contributed by atoms with van der Waals surface area (Å²) >= 11 is 8.08. The molecular formula is C15H14BrFN2S. The first-order valence-electron chi connectivity index (χ1n) is 6.03. The van der Waals surface area contributed by atoms with Gasteiger partial charge >= 0.3 is 0 Å². The van der Waals surface area contributed by atoms with Gasteiger partial charge < -0.3 is 11.1 Å². The van der Waals surface area contributed by atoms with Crippen molar-refractivity contribution in [1.82, 2.24) is 0 Å². The Hall–Kier alpha value is -1.46. The van der Waals surface area contributed by atoms with Crippen molar-refractivity contribution in [1.29, 1.82) is 0 Å². The maximum absolute atomic E-state index is 14.3. The molecule has 0 radical (unpaired) electrons. The third-order valence-electron chi connectivity index (χ3n) is 3.09. The number of hydrogen-bond acceptors (Lipinski definition) is 2. The summed E-state index contributed by atoms with van der Waals surface area (Å²) in [5.41, 5.74) is 9.44. The lowest BCUT2D eigenvalue weighted by molar-refractivity contribution is 0.625. The second-order valence-electron chi connectivity index (χ2n) is 4.54. The summed E-state index contributed by atoms with van der Waals surface area (Å²) in [6.45, 7) is 3.96. The number of rotatable bonds is 3. The summed E-state index contributed by atoms with van der Waals surface area (Å²) in [4.78, 5) is 0.161. The molecule has 0 aromatic heterocycles. The summed E-state index contributed by atoms with van der Waals surface area (Å²) in [5.74, 6) is -0.405. The molecule has 0 heterocycles. The largest absolute Gasteiger partial charge is 0.389 e. The zero-order valence-corrected chi connectivity index (χ0v) is 13.5. The minimum atomic E-state index is -0.405. The highest BCUT2D eigenvalue weighted by Crippen LogP contribution is 2.31. The maximum atomic E-state index is 14.3. The molecule has 20 heavy (non-hydrogen) atoms. The van der Waals surface area contributed by atoms with Crippen molar-refractivity contribution in [3.63, 3.8) is 0 Å². The molecule has 0 aliphatic carbocycles. The summed E-state index contributed by atoms with van der Waals surface area (Å²) in [6.07, 6.45) is 0. The van der Waals surface area contributed by atoms with Crippen LogP contribution in [0.5, 0.6) is 0 Å². The first-order chi connectivity index (χ1) is 9.41. The van der Waals surface area contributed by atoms with E-state index in [-0.39, 0.29) is 9.46 Å². The number of para-hydroxylation sites is 1. The Balaban J connectivity index is 2.45. The number of nitrogens with one attached hydrogen (secondary N) is 1. The Bertz CT molecular complexity index is 666. The molecule has 2 nitrogen and oxygen atoms in total. The molecule has 0 saturated heterocycles. The molecule has 5 heteroatoms. The van der Waals surface area contributed by atoms with Crippen LogP contribution in [0.4, 0.5) is 15.8 Å². The van der Waals surface area contributed by atoms with Gasteiger partial charge in [0.2, 0.25) is 0 Å². The second kappa shape index (κ2) is 5.89.